The third-order valence-corrected chi connectivity index (χ3v) is 8.77. The second-order valence-corrected chi connectivity index (χ2v) is 13.0. The first-order valence-electron chi connectivity index (χ1n) is 20.2. The maximum atomic E-state index is 10.3. The van der Waals surface area contributed by atoms with E-state index in [1.807, 2.05) is 97.1 Å². The normalized spacial score (nSPS) is 10.9. The fourth-order valence-electron chi connectivity index (χ4n) is 5.99. The van der Waals surface area contributed by atoms with Gasteiger partial charge in [0.25, 0.3) is 0 Å². The van der Waals surface area contributed by atoms with Crippen molar-refractivity contribution >= 4 is 34.1 Å². The minimum atomic E-state index is -0.0366. The van der Waals surface area contributed by atoms with Crippen LogP contribution in [-0.4, -0.2) is 121 Å². The zero-order chi connectivity index (χ0) is 42.7. The van der Waals surface area contributed by atoms with Gasteiger partial charge >= 0.3 is 0 Å². The van der Waals surface area contributed by atoms with Crippen molar-refractivity contribution in [1.82, 2.24) is 0 Å². The smallest absolute Gasteiger partial charge is 0.119 e. The highest BCUT2D eigenvalue weighted by molar-refractivity contribution is 5.81. The minimum absolute atomic E-state index is 0.0353. The first-order chi connectivity index (χ1) is 30.1. The summed E-state index contributed by atoms with van der Waals surface area (Å²) in [4.78, 5) is 14.6. The molecule has 0 saturated heterocycles. The second kappa shape index (κ2) is 27.1. The number of anilines is 6. The van der Waals surface area contributed by atoms with E-state index in [0.717, 1.165) is 34.1 Å². The Morgan fingerprint density at radius 2 is 0.557 bits per heavy atom. The van der Waals surface area contributed by atoms with Gasteiger partial charge in [-0.3, -0.25) is 0 Å². The Hall–Kier alpha value is -5.78. The summed E-state index contributed by atoms with van der Waals surface area (Å²) < 4.78 is 44.8. The number of rotatable bonds is 31. The molecule has 0 radical (unpaired) electrons. The van der Waals surface area contributed by atoms with E-state index in [4.69, 9.17) is 53.2 Å². The van der Waals surface area contributed by atoms with Crippen LogP contribution in [0.15, 0.2) is 127 Å². The van der Waals surface area contributed by atoms with Crippen molar-refractivity contribution in [3.63, 3.8) is 0 Å². The molecule has 0 saturated carbocycles. The Morgan fingerprint density at radius 3 is 0.787 bits per heavy atom. The molecule has 0 atom stereocenters. The molecular formula is C46H55N3O12. The van der Waals surface area contributed by atoms with E-state index in [1.165, 1.54) is 0 Å². The molecule has 0 aliphatic carbocycles. The van der Waals surface area contributed by atoms with Gasteiger partial charge in [-0.1, -0.05) is 5.18 Å². The average Bonchev–Trinajstić information content (AvgIpc) is 3.30. The molecule has 0 unspecified atom stereocenters. The van der Waals surface area contributed by atoms with Gasteiger partial charge in [-0.2, -0.15) is 4.91 Å². The van der Waals surface area contributed by atoms with E-state index in [1.54, 1.807) is 0 Å². The van der Waals surface area contributed by atoms with Crippen LogP contribution in [0.4, 0.5) is 34.1 Å². The molecule has 0 aliphatic rings. The number of nitroso groups, excluding NO2 is 1. The van der Waals surface area contributed by atoms with Gasteiger partial charge in [0, 0.05) is 34.1 Å². The van der Waals surface area contributed by atoms with Crippen molar-refractivity contribution < 1.29 is 53.2 Å². The van der Waals surface area contributed by atoms with Crippen LogP contribution in [0.25, 0.3) is 0 Å². The van der Waals surface area contributed by atoms with Gasteiger partial charge in [0.05, 0.1) is 72.7 Å². The maximum Gasteiger partial charge on any atom is 0.119 e. The minimum Gasteiger partial charge on any atom is -0.491 e. The predicted molar refractivity (Wildman–Crippen MR) is 233 cm³/mol. The molecule has 0 amide bonds. The second-order valence-electron chi connectivity index (χ2n) is 13.0. The Bertz CT molecular complexity index is 1860. The molecule has 5 aromatic carbocycles. The van der Waals surface area contributed by atoms with E-state index in [2.05, 4.69) is 39.2 Å². The van der Waals surface area contributed by atoms with Crippen LogP contribution in [0.1, 0.15) is 0 Å². The van der Waals surface area contributed by atoms with Gasteiger partial charge in [-0.25, -0.2) is 0 Å². The number of hydrogen-bond donors (Lipinski definition) is 3. The molecule has 5 rings (SSSR count). The van der Waals surface area contributed by atoms with Gasteiger partial charge in [0.15, 0.2) is 0 Å². The van der Waals surface area contributed by atoms with Gasteiger partial charge in [0.2, 0.25) is 0 Å². The zero-order valence-corrected chi connectivity index (χ0v) is 34.2. The van der Waals surface area contributed by atoms with Crippen LogP contribution in [0, 0.1) is 4.91 Å². The zero-order valence-electron chi connectivity index (χ0n) is 34.2. The van der Waals surface area contributed by atoms with Gasteiger partial charge in [-0.05, 0) is 121 Å². The number of benzene rings is 5. The topological polar surface area (TPSA) is 170 Å². The number of hydrogen-bond acceptors (Lipinski definition) is 15. The highest BCUT2D eigenvalue weighted by atomic mass is 16.5. The number of ether oxygens (including phenoxy) is 8. The molecule has 15 nitrogen and oxygen atoms in total. The summed E-state index contributed by atoms with van der Waals surface area (Å²) in [5.41, 5.74) is 5.40. The van der Waals surface area contributed by atoms with Crippen LogP contribution >= 0.6 is 0 Å². The fraction of sp³-hybridized carbons (Fsp3) is 0.348. The number of aliphatic hydroxyl groups is 3. The van der Waals surface area contributed by atoms with Crippen molar-refractivity contribution in [1.29, 1.82) is 0 Å². The molecule has 326 valence electrons. The lowest BCUT2D eigenvalue weighted by molar-refractivity contribution is 0.0705. The molecule has 15 heteroatoms. The monoisotopic (exact) mass is 841 g/mol. The lowest BCUT2D eigenvalue weighted by Gasteiger charge is -2.28. The summed E-state index contributed by atoms with van der Waals surface area (Å²) in [6.07, 6.45) is 0. The lowest BCUT2D eigenvalue weighted by Crippen LogP contribution is -2.13. The number of aliphatic hydroxyl groups excluding tert-OH is 3. The van der Waals surface area contributed by atoms with Crippen LogP contribution < -0.4 is 28.7 Å². The molecule has 61 heavy (non-hydrogen) atoms. The van der Waals surface area contributed by atoms with Crippen LogP contribution in [-0.2, 0) is 18.9 Å². The van der Waals surface area contributed by atoms with E-state index in [0.29, 0.717) is 75.9 Å². The van der Waals surface area contributed by atoms with Gasteiger partial charge in [-0.15, -0.1) is 0 Å². The summed E-state index contributed by atoms with van der Waals surface area (Å²) in [5, 5.41) is 29.7. The molecule has 3 N–H and O–H groups in total. The fourth-order valence-corrected chi connectivity index (χ4v) is 5.99. The largest absolute Gasteiger partial charge is 0.491 e. The Kier molecular flexibility index (Phi) is 20.6. The molecule has 5 aromatic rings. The third kappa shape index (κ3) is 15.6. The standard InChI is InChI=1S/C46H55N3O12/c50-22-26-55-30-34-59-44-15-7-40(8-16-44)48(39-5-13-43(14-6-39)58-33-29-54-25-21-47-53)37-1-3-38(4-2-37)49(41-9-17-45(18-10-41)60-35-31-56-27-23-51)42-11-19-46(20-12-42)61-36-32-57-28-24-52/h1-20,50-52H,21-36H2. The summed E-state index contributed by atoms with van der Waals surface area (Å²) in [7, 11) is 0. The van der Waals surface area contributed by atoms with Crippen LogP contribution in [0.3, 0.4) is 0 Å². The molecule has 0 heterocycles. The predicted octanol–water partition coefficient (Wildman–Crippen LogP) is 6.95. The average molecular weight is 842 g/mol. The molecule has 0 aliphatic heterocycles. The SMILES string of the molecule is O=NCCOCCOc1ccc(N(c2ccc(OCCOCCO)cc2)c2ccc(N(c3ccc(OCCOCCO)cc3)c3ccc(OCCOCCO)cc3)cc2)cc1. The van der Waals surface area contributed by atoms with E-state index >= 15 is 0 Å². The third-order valence-electron chi connectivity index (χ3n) is 8.77. The summed E-state index contributed by atoms with van der Waals surface area (Å²) in [6, 6.07) is 39.5. The van der Waals surface area contributed by atoms with Crippen molar-refractivity contribution in [2.45, 2.75) is 0 Å². The Labute approximate surface area is 356 Å². The Morgan fingerprint density at radius 1 is 0.328 bits per heavy atom. The molecule has 0 bridgehead atoms. The Balaban J connectivity index is 1.40. The van der Waals surface area contributed by atoms with Crippen molar-refractivity contribution in [2.24, 2.45) is 5.18 Å². The van der Waals surface area contributed by atoms with E-state index in [9.17, 15) is 4.91 Å². The first kappa shape index (κ1) is 46.3. The molecule has 0 aromatic heterocycles. The van der Waals surface area contributed by atoms with Crippen molar-refractivity contribution in [3.05, 3.63) is 126 Å². The summed E-state index contributed by atoms with van der Waals surface area (Å²) >= 11 is 0. The highest BCUT2D eigenvalue weighted by Gasteiger charge is 2.17. The molecular weight excluding hydrogens is 787 g/mol. The van der Waals surface area contributed by atoms with E-state index in [-0.39, 0.29) is 52.8 Å². The van der Waals surface area contributed by atoms with Crippen LogP contribution in [0.5, 0.6) is 23.0 Å². The van der Waals surface area contributed by atoms with Crippen LogP contribution in [0.2, 0.25) is 0 Å². The first-order valence-corrected chi connectivity index (χ1v) is 20.2. The van der Waals surface area contributed by atoms with Gasteiger partial charge in [0.1, 0.15) is 56.0 Å². The lowest BCUT2D eigenvalue weighted by atomic mass is 10.1. The molecule has 0 spiro atoms. The highest BCUT2D eigenvalue weighted by Crippen LogP contribution is 2.40. The summed E-state index contributed by atoms with van der Waals surface area (Å²) in [5.74, 6) is 2.75. The van der Waals surface area contributed by atoms with Gasteiger partial charge < -0.3 is 63.0 Å². The molecule has 0 fully saturated rings. The maximum absolute atomic E-state index is 10.3. The van der Waals surface area contributed by atoms with E-state index < -0.39 is 0 Å². The number of nitrogens with zero attached hydrogens (tertiary/aromatic N) is 3. The summed E-state index contributed by atoms with van der Waals surface area (Å²) in [6.45, 7) is 3.90. The van der Waals surface area contributed by atoms with Crippen molar-refractivity contribution in [2.75, 3.05) is 115 Å². The quantitative estimate of drug-likeness (QED) is 0.0309. The van der Waals surface area contributed by atoms with Crippen molar-refractivity contribution in [3.8, 4) is 23.0 Å².